The largest absolute Gasteiger partial charge is 0.430 e. The molecule has 41 heavy (non-hydrogen) atoms. The van der Waals surface area contributed by atoms with Crippen molar-refractivity contribution in [3.63, 3.8) is 0 Å². The van der Waals surface area contributed by atoms with E-state index in [-0.39, 0.29) is 35.0 Å². The summed E-state index contributed by atoms with van der Waals surface area (Å²) >= 11 is 11.8. The van der Waals surface area contributed by atoms with Crippen LogP contribution in [0.3, 0.4) is 0 Å². The van der Waals surface area contributed by atoms with Crippen molar-refractivity contribution in [2.75, 3.05) is 45.2 Å². The summed E-state index contributed by atoms with van der Waals surface area (Å²) in [4.78, 5) is 34.9. The minimum absolute atomic E-state index is 0.0787. The quantitative estimate of drug-likeness (QED) is 0.452. The van der Waals surface area contributed by atoms with E-state index in [0.29, 0.717) is 30.0 Å². The van der Waals surface area contributed by atoms with E-state index in [1.807, 2.05) is 19.1 Å². The molecule has 1 N–H and O–H groups in total. The first-order valence-electron chi connectivity index (χ1n) is 13.7. The van der Waals surface area contributed by atoms with Crippen LogP contribution in [0.1, 0.15) is 53.7 Å². The lowest BCUT2D eigenvalue weighted by Crippen LogP contribution is -2.57. The molecule has 1 aromatic carbocycles. The first kappa shape index (κ1) is 31.4. The number of carbonyl (C=O) groups excluding carboxylic acids is 2. The summed E-state index contributed by atoms with van der Waals surface area (Å²) in [5.74, 6) is 0.115. The molecule has 1 atom stereocenters. The van der Waals surface area contributed by atoms with Gasteiger partial charge in [-0.25, -0.2) is 4.98 Å². The molecule has 1 aromatic heterocycles. The minimum Gasteiger partial charge on any atom is -0.368 e. The number of carbonyl (C=O) groups is 2. The zero-order valence-electron chi connectivity index (χ0n) is 23.3. The number of halogens is 5. The van der Waals surface area contributed by atoms with Gasteiger partial charge >= 0.3 is 6.18 Å². The van der Waals surface area contributed by atoms with Crippen molar-refractivity contribution >= 4 is 40.8 Å². The predicted molar refractivity (Wildman–Crippen MR) is 152 cm³/mol. The van der Waals surface area contributed by atoms with Crippen LogP contribution >= 0.6 is 23.2 Å². The summed E-state index contributed by atoms with van der Waals surface area (Å²) < 4.78 is 42.3. The number of pyridine rings is 1. The van der Waals surface area contributed by atoms with Crippen molar-refractivity contribution in [1.82, 2.24) is 14.8 Å². The number of amides is 2. The number of benzene rings is 1. The van der Waals surface area contributed by atoms with Crippen molar-refractivity contribution in [1.29, 1.82) is 0 Å². The summed E-state index contributed by atoms with van der Waals surface area (Å²) in [5, 5.41) is 10.6. The molecule has 4 rings (SSSR count). The summed E-state index contributed by atoms with van der Waals surface area (Å²) in [6, 6.07) is 6.79. The second kappa shape index (κ2) is 12.4. The van der Waals surface area contributed by atoms with E-state index in [9.17, 15) is 27.9 Å². The molecule has 7 nitrogen and oxygen atoms in total. The predicted octanol–water partition coefficient (Wildman–Crippen LogP) is 5.69. The fraction of sp³-hybridized carbons (Fsp3) is 0.552. The van der Waals surface area contributed by atoms with Gasteiger partial charge in [0.15, 0.2) is 0 Å². The Morgan fingerprint density at radius 2 is 1.51 bits per heavy atom. The maximum atomic E-state index is 14.1. The Morgan fingerprint density at radius 3 is 2.00 bits per heavy atom. The van der Waals surface area contributed by atoms with Gasteiger partial charge in [0.1, 0.15) is 5.82 Å². The highest BCUT2D eigenvalue weighted by atomic mass is 35.5. The van der Waals surface area contributed by atoms with Crippen LogP contribution in [0.5, 0.6) is 0 Å². The third-order valence-corrected chi connectivity index (χ3v) is 8.65. The molecule has 2 saturated heterocycles. The molecule has 0 saturated carbocycles. The highest BCUT2D eigenvalue weighted by Crippen LogP contribution is 2.43. The van der Waals surface area contributed by atoms with Gasteiger partial charge in [-0.2, -0.15) is 13.2 Å². The SMILES string of the molecule is Cc1nc(N2CCC(CC3CCN(C(=O)C(O)(c4cc(Cl)cc(Cl)c4)C(F)(F)F)CC3)CC2)ccc1C(=O)N(C)C. The number of aliphatic hydroxyl groups is 1. The van der Waals surface area contributed by atoms with Gasteiger partial charge in [0.05, 0.1) is 11.3 Å². The topological polar surface area (TPSA) is 77.0 Å². The Morgan fingerprint density at radius 1 is 0.976 bits per heavy atom. The number of rotatable bonds is 6. The molecule has 2 amide bonds. The van der Waals surface area contributed by atoms with Gasteiger partial charge in [0.25, 0.3) is 17.4 Å². The van der Waals surface area contributed by atoms with Crippen molar-refractivity contribution < 1.29 is 27.9 Å². The average Bonchev–Trinajstić information content (AvgIpc) is 2.91. The van der Waals surface area contributed by atoms with E-state index < -0.39 is 23.2 Å². The zero-order valence-corrected chi connectivity index (χ0v) is 24.9. The summed E-state index contributed by atoms with van der Waals surface area (Å²) in [7, 11) is 3.42. The molecule has 2 aliphatic heterocycles. The molecule has 12 heteroatoms. The first-order chi connectivity index (χ1) is 19.2. The summed E-state index contributed by atoms with van der Waals surface area (Å²) in [6.07, 6.45) is -1.26. The second-order valence-corrected chi connectivity index (χ2v) is 12.1. The Bertz CT molecular complexity index is 1260. The highest BCUT2D eigenvalue weighted by molar-refractivity contribution is 6.34. The average molecular weight is 616 g/mol. The first-order valence-corrected chi connectivity index (χ1v) is 14.5. The van der Waals surface area contributed by atoms with Gasteiger partial charge < -0.3 is 19.8 Å². The van der Waals surface area contributed by atoms with E-state index in [4.69, 9.17) is 23.2 Å². The summed E-state index contributed by atoms with van der Waals surface area (Å²) in [5.41, 5.74) is -3.14. The number of anilines is 1. The molecule has 2 fully saturated rings. The second-order valence-electron chi connectivity index (χ2n) is 11.3. The molecule has 3 heterocycles. The van der Waals surface area contributed by atoms with Gasteiger partial charge in [-0.3, -0.25) is 9.59 Å². The number of nitrogens with zero attached hydrogens (tertiary/aromatic N) is 4. The van der Waals surface area contributed by atoms with Gasteiger partial charge in [0, 0.05) is 55.9 Å². The lowest BCUT2D eigenvalue weighted by Gasteiger charge is -2.40. The van der Waals surface area contributed by atoms with E-state index >= 15 is 0 Å². The van der Waals surface area contributed by atoms with Crippen LogP contribution in [0, 0.1) is 18.8 Å². The molecule has 0 radical (unpaired) electrons. The van der Waals surface area contributed by atoms with Crippen molar-refractivity contribution in [2.24, 2.45) is 11.8 Å². The molecule has 1 unspecified atom stereocenters. The molecule has 0 aliphatic carbocycles. The molecule has 224 valence electrons. The van der Waals surface area contributed by atoms with Crippen molar-refractivity contribution in [3.8, 4) is 0 Å². The van der Waals surface area contributed by atoms with Crippen LogP contribution in [0.15, 0.2) is 30.3 Å². The van der Waals surface area contributed by atoms with E-state index in [1.165, 1.54) is 11.0 Å². The summed E-state index contributed by atoms with van der Waals surface area (Å²) in [6.45, 7) is 3.77. The standard InChI is InChI=1S/C29H35Cl2F3N4O3/c1-18-24(26(39)36(2)3)4-5-25(35-18)37-10-6-19(7-11-37)14-20-8-12-38(13-9-20)27(40)28(41,29(32,33)34)21-15-22(30)17-23(31)16-21/h4-5,15-17,19-20,41H,6-14H2,1-3H3. The lowest BCUT2D eigenvalue weighted by atomic mass is 9.82. The third-order valence-electron chi connectivity index (χ3n) is 8.21. The van der Waals surface area contributed by atoms with E-state index in [1.54, 1.807) is 14.1 Å². The Kier molecular flexibility index (Phi) is 9.45. The van der Waals surface area contributed by atoms with Crippen LogP contribution < -0.4 is 4.90 Å². The van der Waals surface area contributed by atoms with Gasteiger partial charge in [-0.15, -0.1) is 0 Å². The smallest absolute Gasteiger partial charge is 0.368 e. The van der Waals surface area contributed by atoms with E-state index in [0.717, 1.165) is 55.2 Å². The molecule has 0 bridgehead atoms. The molecular weight excluding hydrogens is 580 g/mol. The number of aryl methyl sites for hydroxylation is 1. The van der Waals surface area contributed by atoms with E-state index in [2.05, 4.69) is 9.88 Å². The normalized spacial score (nSPS) is 18.8. The Labute approximate surface area is 248 Å². The van der Waals surface area contributed by atoms with Crippen LogP contribution in [0.2, 0.25) is 10.0 Å². The van der Waals surface area contributed by atoms with Gasteiger partial charge in [-0.1, -0.05) is 23.2 Å². The van der Waals surface area contributed by atoms with Crippen LogP contribution in [-0.2, 0) is 10.4 Å². The number of likely N-dealkylation sites (tertiary alicyclic amines) is 1. The number of hydrogen-bond donors (Lipinski definition) is 1. The molecule has 2 aliphatic rings. The number of piperidine rings is 2. The highest BCUT2D eigenvalue weighted by Gasteiger charge is 2.62. The molecule has 0 spiro atoms. The zero-order chi connectivity index (χ0) is 30.1. The molecule has 2 aromatic rings. The minimum atomic E-state index is -5.25. The maximum Gasteiger partial charge on any atom is 0.430 e. The third kappa shape index (κ3) is 6.75. The molecular formula is C29H35Cl2F3N4O3. The van der Waals surface area contributed by atoms with Crippen LogP contribution in [0.4, 0.5) is 19.0 Å². The fourth-order valence-corrected chi connectivity index (χ4v) is 6.36. The van der Waals surface area contributed by atoms with Gasteiger partial charge in [-0.05, 0) is 81.2 Å². The van der Waals surface area contributed by atoms with Crippen molar-refractivity contribution in [2.45, 2.75) is 50.8 Å². The monoisotopic (exact) mass is 614 g/mol. The number of hydrogen-bond acceptors (Lipinski definition) is 5. The fourth-order valence-electron chi connectivity index (χ4n) is 5.83. The van der Waals surface area contributed by atoms with Crippen molar-refractivity contribution in [3.05, 3.63) is 57.2 Å². The van der Waals surface area contributed by atoms with Crippen LogP contribution in [-0.4, -0.2) is 78.2 Å². The Hall–Kier alpha value is -2.56. The number of aromatic nitrogens is 1. The number of alkyl halides is 3. The maximum absolute atomic E-state index is 14.1. The Balaban J connectivity index is 1.32. The van der Waals surface area contributed by atoms with Gasteiger partial charge in [0.2, 0.25) is 0 Å². The van der Waals surface area contributed by atoms with Crippen LogP contribution in [0.25, 0.3) is 0 Å². The lowest BCUT2D eigenvalue weighted by molar-refractivity contribution is -0.262.